The summed E-state index contributed by atoms with van der Waals surface area (Å²) in [5.41, 5.74) is 0.781. The molecule has 3 aliphatic rings. The number of ether oxygens (including phenoxy) is 1. The number of nitrogens with one attached hydrogen (secondary N) is 1. The number of rotatable bonds is 5. The van der Waals surface area contributed by atoms with E-state index in [4.69, 9.17) is 4.74 Å². The molecule has 1 heterocycles. The van der Waals surface area contributed by atoms with E-state index in [1.165, 1.54) is 18.4 Å². The van der Waals surface area contributed by atoms with Crippen LogP contribution in [-0.4, -0.2) is 47.6 Å². The van der Waals surface area contributed by atoms with Crippen LogP contribution in [0.1, 0.15) is 46.0 Å². The summed E-state index contributed by atoms with van der Waals surface area (Å²) in [6, 6.07) is 0. The maximum atomic E-state index is 12.4. The Hall–Kier alpha value is -0.910. The second-order valence-electron chi connectivity index (χ2n) is 8.66. The Bertz CT molecular complexity index is 515. The predicted molar refractivity (Wildman–Crippen MR) is 91.3 cm³/mol. The first-order valence-corrected chi connectivity index (χ1v) is 9.17. The Balaban J connectivity index is 1.72. The first-order valence-electron chi connectivity index (χ1n) is 9.17. The van der Waals surface area contributed by atoms with Crippen LogP contribution >= 0.6 is 0 Å². The number of esters is 1. The lowest BCUT2D eigenvalue weighted by atomic mass is 9.55. The van der Waals surface area contributed by atoms with Crippen molar-refractivity contribution < 1.29 is 19.7 Å². The summed E-state index contributed by atoms with van der Waals surface area (Å²) >= 11 is 0. The fourth-order valence-electron chi connectivity index (χ4n) is 5.01. The summed E-state index contributed by atoms with van der Waals surface area (Å²) in [6.45, 7) is 8.49. The van der Waals surface area contributed by atoms with Crippen molar-refractivity contribution in [3.8, 4) is 0 Å². The maximum absolute atomic E-state index is 12.4. The van der Waals surface area contributed by atoms with Crippen molar-refractivity contribution in [2.24, 2.45) is 23.2 Å². The number of allylic oxidation sites excluding steroid dienone is 1. The van der Waals surface area contributed by atoms with E-state index >= 15 is 0 Å². The number of hydrogen-bond donors (Lipinski definition) is 3. The Morgan fingerprint density at radius 1 is 1.42 bits per heavy atom. The van der Waals surface area contributed by atoms with E-state index in [0.717, 1.165) is 19.3 Å². The summed E-state index contributed by atoms with van der Waals surface area (Å²) in [7, 11) is 0. The van der Waals surface area contributed by atoms with Crippen LogP contribution in [0.5, 0.6) is 0 Å². The highest BCUT2D eigenvalue weighted by molar-refractivity contribution is 5.75. The molecule has 1 aliphatic heterocycles. The average molecular weight is 337 g/mol. The zero-order valence-corrected chi connectivity index (χ0v) is 14.9. The summed E-state index contributed by atoms with van der Waals surface area (Å²) in [5, 5.41) is 22.0. The number of carbonyl (C=O) groups excluding carboxylic acids is 1. The quantitative estimate of drug-likeness (QED) is 0.525. The van der Waals surface area contributed by atoms with Gasteiger partial charge in [0.05, 0.1) is 24.7 Å². The Morgan fingerprint density at radius 3 is 2.79 bits per heavy atom. The number of aliphatic hydroxyl groups excluding tert-OH is 2. The van der Waals surface area contributed by atoms with E-state index in [9.17, 15) is 15.0 Å². The van der Waals surface area contributed by atoms with Crippen LogP contribution in [0.3, 0.4) is 0 Å². The van der Waals surface area contributed by atoms with Crippen molar-refractivity contribution in [2.45, 2.75) is 57.6 Å². The molecule has 3 N–H and O–H groups in total. The lowest BCUT2D eigenvalue weighted by Crippen LogP contribution is -2.52. The van der Waals surface area contributed by atoms with Gasteiger partial charge in [0, 0.05) is 12.5 Å². The number of fused-ring (bicyclic) bond motifs is 2. The molecule has 0 aromatic rings. The zero-order chi connectivity index (χ0) is 17.5. The van der Waals surface area contributed by atoms with Gasteiger partial charge in [0.15, 0.2) is 0 Å². The molecule has 5 heteroatoms. The van der Waals surface area contributed by atoms with Crippen LogP contribution in [0, 0.1) is 23.2 Å². The van der Waals surface area contributed by atoms with Gasteiger partial charge < -0.3 is 20.3 Å². The van der Waals surface area contributed by atoms with Crippen molar-refractivity contribution in [1.82, 2.24) is 5.32 Å². The molecule has 0 spiro atoms. The van der Waals surface area contributed by atoms with Crippen LogP contribution in [0.2, 0.25) is 0 Å². The van der Waals surface area contributed by atoms with E-state index < -0.39 is 5.54 Å². The summed E-state index contributed by atoms with van der Waals surface area (Å²) in [6.07, 6.45) is 5.38. The van der Waals surface area contributed by atoms with Crippen molar-refractivity contribution in [3.63, 3.8) is 0 Å². The van der Waals surface area contributed by atoms with Crippen molar-refractivity contribution in [3.05, 3.63) is 12.2 Å². The third-order valence-corrected chi connectivity index (χ3v) is 6.77. The minimum atomic E-state index is -0.768. The molecule has 0 aromatic carbocycles. The summed E-state index contributed by atoms with van der Waals surface area (Å²) in [4.78, 5) is 12.4. The molecule has 2 saturated carbocycles. The second kappa shape index (κ2) is 6.43. The monoisotopic (exact) mass is 337 g/mol. The molecule has 2 aliphatic carbocycles. The van der Waals surface area contributed by atoms with E-state index in [0.29, 0.717) is 12.5 Å². The Kier molecular flexibility index (Phi) is 4.80. The van der Waals surface area contributed by atoms with Gasteiger partial charge in [0.2, 0.25) is 0 Å². The molecule has 3 rings (SSSR count). The van der Waals surface area contributed by atoms with Gasteiger partial charge in [0.25, 0.3) is 0 Å². The van der Waals surface area contributed by atoms with Crippen LogP contribution in [-0.2, 0) is 9.53 Å². The standard InChI is InChI=1S/C19H31NO4/c1-12-5-4-6-18(2)8-16-13(7-15(12)18)14(17(23)24-16)9-20-19(3,10-21)11-22/h13-16,20-22H,1,4-11H2,2-3H3/t13-,14-,15-,16-,18-/m1/s1. The lowest BCUT2D eigenvalue weighted by Gasteiger charge is -2.50. The molecule has 0 aromatic heterocycles. The fourth-order valence-corrected chi connectivity index (χ4v) is 5.01. The van der Waals surface area contributed by atoms with Crippen LogP contribution in [0.15, 0.2) is 12.2 Å². The highest BCUT2D eigenvalue weighted by Crippen LogP contribution is 2.56. The molecule has 3 fully saturated rings. The van der Waals surface area contributed by atoms with Gasteiger partial charge in [-0.25, -0.2) is 0 Å². The van der Waals surface area contributed by atoms with Crippen molar-refractivity contribution in [1.29, 1.82) is 0 Å². The van der Waals surface area contributed by atoms with Gasteiger partial charge >= 0.3 is 5.97 Å². The van der Waals surface area contributed by atoms with Gasteiger partial charge in [-0.1, -0.05) is 19.1 Å². The molecule has 0 unspecified atom stereocenters. The van der Waals surface area contributed by atoms with Crippen molar-refractivity contribution >= 4 is 5.97 Å². The summed E-state index contributed by atoms with van der Waals surface area (Å²) in [5.74, 6) is 0.349. The van der Waals surface area contributed by atoms with Gasteiger partial charge in [-0.05, 0) is 50.4 Å². The molecule has 0 amide bonds. The second-order valence-corrected chi connectivity index (χ2v) is 8.66. The first kappa shape index (κ1) is 17.9. The molecule has 1 saturated heterocycles. The Labute approximate surface area is 144 Å². The van der Waals surface area contributed by atoms with Gasteiger partial charge in [-0.15, -0.1) is 0 Å². The average Bonchev–Trinajstić information content (AvgIpc) is 2.84. The molecular formula is C19H31NO4. The molecule has 24 heavy (non-hydrogen) atoms. The maximum Gasteiger partial charge on any atom is 0.310 e. The summed E-state index contributed by atoms with van der Waals surface area (Å²) < 4.78 is 5.73. The molecule has 5 nitrogen and oxygen atoms in total. The SMILES string of the molecule is C=C1CCC[C@]2(C)C[C@H]3OC(=O)[C@H](CNC(C)(CO)CO)[C@H]3C[C@H]12. The third kappa shape index (κ3) is 3.02. The van der Waals surface area contributed by atoms with E-state index in [2.05, 4.69) is 18.8 Å². The zero-order valence-electron chi connectivity index (χ0n) is 14.9. The molecule has 0 radical (unpaired) electrons. The number of aliphatic hydroxyl groups is 2. The molecule has 136 valence electrons. The molecule has 5 atom stereocenters. The van der Waals surface area contributed by atoms with Crippen LogP contribution in [0.25, 0.3) is 0 Å². The largest absolute Gasteiger partial charge is 0.462 e. The number of carbonyl (C=O) groups is 1. The minimum Gasteiger partial charge on any atom is -0.462 e. The molecular weight excluding hydrogens is 306 g/mol. The third-order valence-electron chi connectivity index (χ3n) is 6.77. The highest BCUT2D eigenvalue weighted by Gasteiger charge is 2.55. The minimum absolute atomic E-state index is 0.00552. The topological polar surface area (TPSA) is 78.8 Å². The van der Waals surface area contributed by atoms with Crippen LogP contribution < -0.4 is 5.32 Å². The van der Waals surface area contributed by atoms with Crippen LogP contribution in [0.4, 0.5) is 0 Å². The van der Waals surface area contributed by atoms with Crippen molar-refractivity contribution in [2.75, 3.05) is 19.8 Å². The predicted octanol–water partition coefficient (Wildman–Crippen LogP) is 1.63. The lowest BCUT2D eigenvalue weighted by molar-refractivity contribution is -0.146. The normalized spacial score (nSPS) is 39.3. The fraction of sp³-hybridized carbons (Fsp3) is 0.842. The number of hydrogen-bond acceptors (Lipinski definition) is 5. The van der Waals surface area contributed by atoms with Gasteiger partial charge in [0.1, 0.15) is 6.10 Å². The van der Waals surface area contributed by atoms with Gasteiger partial charge in [-0.3, -0.25) is 4.79 Å². The smallest absolute Gasteiger partial charge is 0.310 e. The molecule has 0 bridgehead atoms. The first-order chi connectivity index (χ1) is 11.3. The van der Waals surface area contributed by atoms with E-state index in [-0.39, 0.29) is 42.5 Å². The highest BCUT2D eigenvalue weighted by atomic mass is 16.6. The van der Waals surface area contributed by atoms with Gasteiger partial charge in [-0.2, -0.15) is 0 Å². The van der Waals surface area contributed by atoms with E-state index in [1.54, 1.807) is 6.92 Å². The van der Waals surface area contributed by atoms with E-state index in [1.807, 2.05) is 0 Å². The Morgan fingerprint density at radius 2 is 2.12 bits per heavy atom.